The standard InChI is InChI=1S/C13H12BrN/c14-9-4-3-5-11-8-10-15-13-7-2-1-6-12(11)13/h1-3,5-8,10H,4,9H2. The highest BCUT2D eigenvalue weighted by atomic mass is 79.9. The normalized spacial score (nSPS) is 11.3. The number of alkyl halides is 1. The summed E-state index contributed by atoms with van der Waals surface area (Å²) in [5.74, 6) is 0. The van der Waals surface area contributed by atoms with Crippen LogP contribution >= 0.6 is 15.9 Å². The molecule has 1 heterocycles. The number of para-hydroxylation sites is 1. The monoisotopic (exact) mass is 261 g/mol. The number of hydrogen-bond donors (Lipinski definition) is 0. The van der Waals surface area contributed by atoms with E-state index in [1.54, 1.807) is 0 Å². The SMILES string of the molecule is BrCCC=Cc1ccnc2ccccc12. The number of allylic oxidation sites excluding steroid dienone is 1. The lowest BCUT2D eigenvalue weighted by Gasteiger charge is -2.00. The van der Waals surface area contributed by atoms with Crippen LogP contribution in [0.5, 0.6) is 0 Å². The molecule has 0 unspecified atom stereocenters. The van der Waals surface area contributed by atoms with Gasteiger partial charge in [-0.2, -0.15) is 0 Å². The molecule has 15 heavy (non-hydrogen) atoms. The molecular weight excluding hydrogens is 250 g/mol. The van der Waals surface area contributed by atoms with Gasteiger partial charge in [0.05, 0.1) is 5.52 Å². The summed E-state index contributed by atoms with van der Waals surface area (Å²) in [6, 6.07) is 10.3. The topological polar surface area (TPSA) is 12.9 Å². The first-order chi connectivity index (χ1) is 7.42. The Morgan fingerprint density at radius 1 is 1.20 bits per heavy atom. The van der Waals surface area contributed by atoms with Crippen LogP contribution in [0.3, 0.4) is 0 Å². The van der Waals surface area contributed by atoms with Gasteiger partial charge in [-0.15, -0.1) is 0 Å². The summed E-state index contributed by atoms with van der Waals surface area (Å²) < 4.78 is 0. The van der Waals surface area contributed by atoms with E-state index in [1.807, 2.05) is 30.5 Å². The number of nitrogens with zero attached hydrogens (tertiary/aromatic N) is 1. The highest BCUT2D eigenvalue weighted by Crippen LogP contribution is 2.17. The number of aromatic nitrogens is 1. The zero-order valence-corrected chi connectivity index (χ0v) is 9.94. The Morgan fingerprint density at radius 2 is 2.07 bits per heavy atom. The molecule has 2 rings (SSSR count). The third-order valence-corrected chi connectivity index (χ3v) is 2.71. The molecule has 0 spiro atoms. The highest BCUT2D eigenvalue weighted by Gasteiger charge is 1.96. The average molecular weight is 262 g/mol. The summed E-state index contributed by atoms with van der Waals surface area (Å²) >= 11 is 3.41. The van der Waals surface area contributed by atoms with Crippen LogP contribution in [-0.4, -0.2) is 10.3 Å². The van der Waals surface area contributed by atoms with Crippen molar-refractivity contribution in [2.45, 2.75) is 6.42 Å². The zero-order chi connectivity index (χ0) is 10.5. The van der Waals surface area contributed by atoms with E-state index in [0.717, 1.165) is 17.3 Å². The van der Waals surface area contributed by atoms with Gasteiger partial charge in [0, 0.05) is 16.9 Å². The van der Waals surface area contributed by atoms with Gasteiger partial charge >= 0.3 is 0 Å². The van der Waals surface area contributed by atoms with Crippen LogP contribution in [0.4, 0.5) is 0 Å². The van der Waals surface area contributed by atoms with E-state index in [2.05, 4.69) is 39.1 Å². The molecule has 0 saturated carbocycles. The van der Waals surface area contributed by atoms with Crippen molar-refractivity contribution in [3.63, 3.8) is 0 Å². The fourth-order valence-corrected chi connectivity index (χ4v) is 1.80. The molecule has 0 radical (unpaired) electrons. The maximum Gasteiger partial charge on any atom is 0.0707 e. The van der Waals surface area contributed by atoms with Gasteiger partial charge < -0.3 is 0 Å². The Balaban J connectivity index is 2.42. The molecular formula is C13H12BrN. The molecule has 0 aliphatic rings. The minimum atomic E-state index is 1.01. The van der Waals surface area contributed by atoms with Crippen molar-refractivity contribution < 1.29 is 0 Å². The summed E-state index contributed by atoms with van der Waals surface area (Å²) in [5, 5.41) is 2.22. The van der Waals surface area contributed by atoms with Crippen molar-refractivity contribution in [1.29, 1.82) is 0 Å². The van der Waals surface area contributed by atoms with Crippen molar-refractivity contribution in [2.24, 2.45) is 0 Å². The van der Waals surface area contributed by atoms with Crippen LogP contribution in [0.2, 0.25) is 0 Å². The number of fused-ring (bicyclic) bond motifs is 1. The van der Waals surface area contributed by atoms with Crippen LogP contribution in [0, 0.1) is 0 Å². The van der Waals surface area contributed by atoms with Gasteiger partial charge in [-0.1, -0.05) is 46.3 Å². The Labute approximate surface area is 98.0 Å². The lowest BCUT2D eigenvalue weighted by atomic mass is 10.1. The summed E-state index contributed by atoms with van der Waals surface area (Å²) in [6.45, 7) is 0. The molecule has 0 saturated heterocycles. The van der Waals surface area contributed by atoms with E-state index in [1.165, 1.54) is 10.9 Å². The second kappa shape index (κ2) is 5.08. The van der Waals surface area contributed by atoms with Gasteiger partial charge in [0.1, 0.15) is 0 Å². The molecule has 0 aliphatic carbocycles. The van der Waals surface area contributed by atoms with Crippen molar-refractivity contribution in [2.75, 3.05) is 5.33 Å². The predicted octanol–water partition coefficient (Wildman–Crippen LogP) is 4.03. The highest BCUT2D eigenvalue weighted by molar-refractivity contribution is 9.09. The molecule has 1 aromatic carbocycles. The Kier molecular flexibility index (Phi) is 3.51. The Hall–Kier alpha value is -1.15. The number of hydrogen-bond acceptors (Lipinski definition) is 1. The van der Waals surface area contributed by atoms with Gasteiger partial charge in [-0.25, -0.2) is 0 Å². The van der Waals surface area contributed by atoms with E-state index < -0.39 is 0 Å². The van der Waals surface area contributed by atoms with Crippen LogP contribution in [0.15, 0.2) is 42.6 Å². The fourth-order valence-electron chi connectivity index (χ4n) is 1.54. The lowest BCUT2D eigenvalue weighted by molar-refractivity contribution is 1.27. The third kappa shape index (κ3) is 2.45. The van der Waals surface area contributed by atoms with E-state index in [0.29, 0.717) is 0 Å². The molecule has 0 N–H and O–H groups in total. The van der Waals surface area contributed by atoms with Crippen LogP contribution in [0.1, 0.15) is 12.0 Å². The largest absolute Gasteiger partial charge is 0.256 e. The summed E-state index contributed by atoms with van der Waals surface area (Å²) in [5.41, 5.74) is 2.29. The van der Waals surface area contributed by atoms with E-state index in [-0.39, 0.29) is 0 Å². The van der Waals surface area contributed by atoms with Gasteiger partial charge in [-0.05, 0) is 24.1 Å². The average Bonchev–Trinajstić information content (AvgIpc) is 2.30. The molecule has 1 nitrogen and oxygen atoms in total. The van der Waals surface area contributed by atoms with Crippen molar-refractivity contribution in [1.82, 2.24) is 4.98 Å². The van der Waals surface area contributed by atoms with Gasteiger partial charge in [-0.3, -0.25) is 4.98 Å². The molecule has 0 atom stereocenters. The maximum absolute atomic E-state index is 4.33. The number of rotatable bonds is 3. The summed E-state index contributed by atoms with van der Waals surface area (Å²) in [7, 11) is 0. The smallest absolute Gasteiger partial charge is 0.0707 e. The van der Waals surface area contributed by atoms with Crippen molar-refractivity contribution >= 4 is 32.9 Å². The minimum absolute atomic E-state index is 1.01. The lowest BCUT2D eigenvalue weighted by Crippen LogP contribution is -1.81. The zero-order valence-electron chi connectivity index (χ0n) is 8.36. The third-order valence-electron chi connectivity index (χ3n) is 2.26. The maximum atomic E-state index is 4.33. The van der Waals surface area contributed by atoms with Crippen LogP contribution in [-0.2, 0) is 0 Å². The Bertz CT molecular complexity index is 471. The summed E-state index contributed by atoms with van der Waals surface area (Å²) in [6.07, 6.45) is 7.24. The number of pyridine rings is 1. The second-order valence-corrected chi connectivity index (χ2v) is 4.09. The number of benzene rings is 1. The fraction of sp³-hybridized carbons (Fsp3) is 0.154. The van der Waals surface area contributed by atoms with Gasteiger partial charge in [0.2, 0.25) is 0 Å². The molecule has 0 bridgehead atoms. The van der Waals surface area contributed by atoms with E-state index >= 15 is 0 Å². The minimum Gasteiger partial charge on any atom is -0.256 e. The predicted molar refractivity (Wildman–Crippen MR) is 69.2 cm³/mol. The van der Waals surface area contributed by atoms with Crippen LogP contribution < -0.4 is 0 Å². The molecule has 0 aliphatic heterocycles. The van der Waals surface area contributed by atoms with E-state index in [9.17, 15) is 0 Å². The molecule has 0 amide bonds. The second-order valence-electron chi connectivity index (χ2n) is 3.30. The Morgan fingerprint density at radius 3 is 2.93 bits per heavy atom. The van der Waals surface area contributed by atoms with Crippen molar-refractivity contribution in [3.8, 4) is 0 Å². The first-order valence-corrected chi connectivity index (χ1v) is 6.10. The van der Waals surface area contributed by atoms with Gasteiger partial charge in [0.25, 0.3) is 0 Å². The first kappa shape index (κ1) is 10.4. The molecule has 2 heteroatoms. The molecule has 1 aromatic heterocycles. The van der Waals surface area contributed by atoms with Gasteiger partial charge in [0.15, 0.2) is 0 Å². The first-order valence-electron chi connectivity index (χ1n) is 4.98. The molecule has 76 valence electrons. The van der Waals surface area contributed by atoms with Crippen LogP contribution in [0.25, 0.3) is 17.0 Å². The molecule has 2 aromatic rings. The van der Waals surface area contributed by atoms with Crippen molar-refractivity contribution in [3.05, 3.63) is 48.2 Å². The quantitative estimate of drug-likeness (QED) is 0.761. The number of halogens is 1. The summed E-state index contributed by atoms with van der Waals surface area (Å²) in [4.78, 5) is 4.33. The molecule has 0 fully saturated rings. The van der Waals surface area contributed by atoms with E-state index in [4.69, 9.17) is 0 Å².